The summed E-state index contributed by atoms with van der Waals surface area (Å²) in [6, 6.07) is 5.21. The molecule has 7 nitrogen and oxygen atoms in total. The number of hydrogen-bond acceptors (Lipinski definition) is 4. The summed E-state index contributed by atoms with van der Waals surface area (Å²) in [5.74, 6) is -1.43. The van der Waals surface area contributed by atoms with E-state index in [4.69, 9.17) is 9.84 Å². The van der Waals surface area contributed by atoms with Crippen molar-refractivity contribution < 1.29 is 19.4 Å². The van der Waals surface area contributed by atoms with Gasteiger partial charge in [-0.05, 0) is 6.07 Å². The highest BCUT2D eigenvalue weighted by atomic mass is 16.5. The van der Waals surface area contributed by atoms with Gasteiger partial charge in [0.15, 0.2) is 0 Å². The van der Waals surface area contributed by atoms with Gasteiger partial charge in [0.1, 0.15) is 6.54 Å². The number of H-pyrrole nitrogens is 1. The first-order chi connectivity index (χ1) is 9.63. The smallest absolute Gasteiger partial charge is 0.323 e. The largest absolute Gasteiger partial charge is 0.480 e. The lowest BCUT2D eigenvalue weighted by Gasteiger charge is -2.20. The van der Waals surface area contributed by atoms with E-state index in [1.807, 2.05) is 6.07 Å². The van der Waals surface area contributed by atoms with Crippen molar-refractivity contribution in [3.05, 3.63) is 30.0 Å². The molecule has 0 aliphatic heterocycles. The summed E-state index contributed by atoms with van der Waals surface area (Å²) in [6.07, 6.45) is 1.61. The minimum Gasteiger partial charge on any atom is -0.480 e. The average molecular weight is 277 g/mol. The molecule has 2 N–H and O–H groups in total. The van der Waals surface area contributed by atoms with Gasteiger partial charge in [-0.3, -0.25) is 14.7 Å². The molecule has 1 amide bonds. The fraction of sp³-hybridized carbons (Fsp3) is 0.308. The second-order valence-corrected chi connectivity index (χ2v) is 4.25. The molecular formula is C13H15N3O4. The molecule has 7 heteroatoms. The molecule has 0 fully saturated rings. The number of carbonyl (C=O) groups is 2. The predicted molar refractivity (Wildman–Crippen MR) is 71.5 cm³/mol. The van der Waals surface area contributed by atoms with Gasteiger partial charge >= 0.3 is 5.97 Å². The third-order valence-electron chi connectivity index (χ3n) is 2.89. The van der Waals surface area contributed by atoms with Crippen LogP contribution in [0.1, 0.15) is 10.4 Å². The van der Waals surface area contributed by atoms with Crippen LogP contribution in [0.25, 0.3) is 10.9 Å². The van der Waals surface area contributed by atoms with Crippen molar-refractivity contribution in [3.63, 3.8) is 0 Å². The summed E-state index contributed by atoms with van der Waals surface area (Å²) in [5, 5.41) is 16.3. The number of nitrogens with zero attached hydrogens (tertiary/aromatic N) is 2. The van der Waals surface area contributed by atoms with Crippen molar-refractivity contribution in [1.82, 2.24) is 15.1 Å². The van der Waals surface area contributed by atoms with Crippen LogP contribution >= 0.6 is 0 Å². The second kappa shape index (κ2) is 6.16. The molecule has 2 aromatic rings. The van der Waals surface area contributed by atoms with Gasteiger partial charge in [0.05, 0.1) is 23.9 Å². The Labute approximate surface area is 115 Å². The molecule has 20 heavy (non-hydrogen) atoms. The third-order valence-corrected chi connectivity index (χ3v) is 2.89. The van der Waals surface area contributed by atoms with E-state index in [1.54, 1.807) is 18.3 Å². The van der Waals surface area contributed by atoms with E-state index in [0.29, 0.717) is 11.1 Å². The summed E-state index contributed by atoms with van der Waals surface area (Å²) in [4.78, 5) is 24.6. The van der Waals surface area contributed by atoms with Crippen LogP contribution in [0, 0.1) is 0 Å². The van der Waals surface area contributed by atoms with Gasteiger partial charge in [-0.25, -0.2) is 0 Å². The zero-order valence-corrected chi connectivity index (χ0v) is 11.0. The maximum atomic E-state index is 12.5. The van der Waals surface area contributed by atoms with E-state index in [-0.39, 0.29) is 25.6 Å². The molecule has 106 valence electrons. The number of fused-ring (bicyclic) bond motifs is 1. The molecular weight excluding hydrogens is 262 g/mol. The third kappa shape index (κ3) is 2.94. The summed E-state index contributed by atoms with van der Waals surface area (Å²) in [6.45, 7) is 0.122. The zero-order chi connectivity index (χ0) is 14.5. The average Bonchev–Trinajstić information content (AvgIpc) is 2.90. The van der Waals surface area contributed by atoms with E-state index in [0.717, 1.165) is 5.39 Å². The maximum Gasteiger partial charge on any atom is 0.323 e. The van der Waals surface area contributed by atoms with E-state index in [1.165, 1.54) is 12.0 Å². The van der Waals surface area contributed by atoms with Crippen LogP contribution in [-0.4, -0.2) is 58.9 Å². The molecule has 0 atom stereocenters. The minimum atomic E-state index is -1.06. The molecule has 0 bridgehead atoms. The van der Waals surface area contributed by atoms with Crippen molar-refractivity contribution in [2.24, 2.45) is 0 Å². The van der Waals surface area contributed by atoms with Crippen LogP contribution in [0.3, 0.4) is 0 Å². The quantitative estimate of drug-likeness (QED) is 0.811. The van der Waals surface area contributed by atoms with Crippen molar-refractivity contribution in [2.45, 2.75) is 0 Å². The Morgan fingerprint density at radius 2 is 2.25 bits per heavy atom. The van der Waals surface area contributed by atoms with Gasteiger partial charge < -0.3 is 14.7 Å². The van der Waals surface area contributed by atoms with Gasteiger partial charge in [-0.1, -0.05) is 12.1 Å². The van der Waals surface area contributed by atoms with Crippen molar-refractivity contribution >= 4 is 22.8 Å². The van der Waals surface area contributed by atoms with E-state index in [2.05, 4.69) is 10.2 Å². The monoisotopic (exact) mass is 277 g/mol. The normalized spacial score (nSPS) is 10.7. The Morgan fingerprint density at radius 1 is 1.45 bits per heavy atom. The van der Waals surface area contributed by atoms with Crippen LogP contribution in [0.2, 0.25) is 0 Å². The highest BCUT2D eigenvalue weighted by Crippen LogP contribution is 2.17. The number of carboxylic acid groups (broad SMARTS) is 1. The van der Waals surface area contributed by atoms with Gasteiger partial charge in [-0.15, -0.1) is 0 Å². The van der Waals surface area contributed by atoms with Crippen LogP contribution in [0.5, 0.6) is 0 Å². The molecule has 0 spiro atoms. The highest BCUT2D eigenvalue weighted by Gasteiger charge is 2.20. The first kappa shape index (κ1) is 14.0. The van der Waals surface area contributed by atoms with Gasteiger partial charge in [0, 0.05) is 19.0 Å². The lowest BCUT2D eigenvalue weighted by Crippen LogP contribution is -2.38. The van der Waals surface area contributed by atoms with Crippen molar-refractivity contribution in [3.8, 4) is 0 Å². The standard InChI is InChI=1S/C13H15N3O4/c1-20-6-5-16(8-11(17)18)13(19)10-4-2-3-9-7-14-15-12(9)10/h2-4,7H,5-6,8H2,1H3,(H,14,15)(H,17,18). The SMILES string of the molecule is COCCN(CC(=O)O)C(=O)c1cccc2cn[nH]c12. The molecule has 0 unspecified atom stereocenters. The number of aliphatic carboxylic acids is 1. The van der Waals surface area contributed by atoms with Crippen molar-refractivity contribution in [2.75, 3.05) is 26.8 Å². The Morgan fingerprint density at radius 3 is 2.95 bits per heavy atom. The molecule has 1 heterocycles. The van der Waals surface area contributed by atoms with Crippen molar-refractivity contribution in [1.29, 1.82) is 0 Å². The number of ether oxygens (including phenoxy) is 1. The van der Waals surface area contributed by atoms with E-state index >= 15 is 0 Å². The number of nitrogens with one attached hydrogen (secondary N) is 1. The Hall–Kier alpha value is -2.41. The summed E-state index contributed by atoms with van der Waals surface area (Å²) in [5.41, 5.74) is 1.00. The fourth-order valence-corrected chi connectivity index (χ4v) is 1.93. The molecule has 0 saturated heterocycles. The molecule has 0 aliphatic rings. The van der Waals surface area contributed by atoms with Crippen LogP contribution < -0.4 is 0 Å². The summed E-state index contributed by atoms with van der Waals surface area (Å²) >= 11 is 0. The van der Waals surface area contributed by atoms with E-state index in [9.17, 15) is 9.59 Å². The molecule has 0 saturated carbocycles. The van der Waals surface area contributed by atoms with E-state index < -0.39 is 5.97 Å². The Bertz CT molecular complexity index is 623. The molecule has 1 aromatic heterocycles. The van der Waals surface area contributed by atoms with Gasteiger partial charge in [0.2, 0.25) is 0 Å². The summed E-state index contributed by atoms with van der Waals surface area (Å²) < 4.78 is 4.91. The highest BCUT2D eigenvalue weighted by molar-refractivity contribution is 6.06. The predicted octanol–water partition coefficient (Wildman–Crippen LogP) is 0.736. The van der Waals surface area contributed by atoms with Crippen LogP contribution in [0.4, 0.5) is 0 Å². The summed E-state index contributed by atoms with van der Waals surface area (Å²) in [7, 11) is 1.50. The lowest BCUT2D eigenvalue weighted by atomic mass is 10.1. The second-order valence-electron chi connectivity index (χ2n) is 4.25. The number of aromatic nitrogens is 2. The number of para-hydroxylation sites is 1. The number of carbonyl (C=O) groups excluding carboxylic acids is 1. The Kier molecular flexibility index (Phi) is 4.31. The van der Waals surface area contributed by atoms with Gasteiger partial charge in [-0.2, -0.15) is 5.10 Å². The number of amides is 1. The minimum absolute atomic E-state index is 0.214. The van der Waals surface area contributed by atoms with Gasteiger partial charge in [0.25, 0.3) is 5.91 Å². The Balaban J connectivity index is 2.30. The number of aromatic amines is 1. The number of hydrogen-bond donors (Lipinski definition) is 2. The number of carboxylic acids is 1. The lowest BCUT2D eigenvalue weighted by molar-refractivity contribution is -0.137. The maximum absolute atomic E-state index is 12.5. The number of rotatable bonds is 6. The zero-order valence-electron chi connectivity index (χ0n) is 11.0. The van der Waals surface area contributed by atoms with Crippen LogP contribution in [0.15, 0.2) is 24.4 Å². The molecule has 1 aromatic carbocycles. The van der Waals surface area contributed by atoms with Crippen LogP contribution in [-0.2, 0) is 9.53 Å². The molecule has 0 aliphatic carbocycles. The molecule has 2 rings (SSSR count). The number of methoxy groups -OCH3 is 1. The topological polar surface area (TPSA) is 95.5 Å². The fourth-order valence-electron chi connectivity index (χ4n) is 1.93. The first-order valence-electron chi connectivity index (χ1n) is 6.05. The number of benzene rings is 1. The first-order valence-corrected chi connectivity index (χ1v) is 6.05. The molecule has 0 radical (unpaired) electrons.